The quantitative estimate of drug-likeness (QED) is 0.802. The third-order valence-electron chi connectivity index (χ3n) is 3.20. The molecule has 0 fully saturated rings. The molecule has 15 heavy (non-hydrogen) atoms. The maximum Gasteiger partial charge on any atom is 0.123 e. The van der Waals surface area contributed by atoms with Gasteiger partial charge < -0.3 is 15.2 Å². The minimum atomic E-state index is 0.0160. The molecular formula is C12H17NO2. The Hall–Kier alpha value is -1.22. The average Bonchev–Trinajstić information content (AvgIpc) is 2.29. The zero-order valence-corrected chi connectivity index (χ0v) is 9.25. The first-order valence-electron chi connectivity index (χ1n) is 5.21. The van der Waals surface area contributed by atoms with E-state index in [1.54, 1.807) is 7.11 Å². The summed E-state index contributed by atoms with van der Waals surface area (Å²) in [4.78, 5) is 0. The molecule has 3 heteroatoms. The van der Waals surface area contributed by atoms with Crippen molar-refractivity contribution in [1.29, 1.82) is 0 Å². The Bertz CT molecular complexity index is 365. The van der Waals surface area contributed by atoms with Crippen LogP contribution in [0.15, 0.2) is 18.2 Å². The number of hydrogen-bond acceptors (Lipinski definition) is 3. The van der Waals surface area contributed by atoms with Crippen LogP contribution in [-0.4, -0.2) is 20.3 Å². The molecule has 1 unspecified atom stereocenters. The number of hydrogen-bond donors (Lipinski definition) is 1. The van der Waals surface area contributed by atoms with Crippen molar-refractivity contribution in [2.75, 3.05) is 20.3 Å². The fourth-order valence-electron chi connectivity index (χ4n) is 1.97. The lowest BCUT2D eigenvalue weighted by Gasteiger charge is -2.34. The Balaban J connectivity index is 2.48. The van der Waals surface area contributed by atoms with Crippen molar-refractivity contribution < 1.29 is 9.47 Å². The fourth-order valence-corrected chi connectivity index (χ4v) is 1.97. The number of ether oxygens (including phenoxy) is 2. The van der Waals surface area contributed by atoms with E-state index in [4.69, 9.17) is 15.2 Å². The van der Waals surface area contributed by atoms with Crippen molar-refractivity contribution in [3.05, 3.63) is 23.8 Å². The van der Waals surface area contributed by atoms with Crippen molar-refractivity contribution in [2.45, 2.75) is 18.8 Å². The molecule has 82 valence electrons. The molecule has 1 atom stereocenters. The standard InChI is InChI=1S/C12H17NO2/c1-12(8-13)5-6-15-11-4-3-9(14-2)7-10(11)12/h3-4,7H,5-6,8,13H2,1-2H3. The summed E-state index contributed by atoms with van der Waals surface area (Å²) in [5.41, 5.74) is 7.03. The van der Waals surface area contributed by atoms with Crippen molar-refractivity contribution in [3.8, 4) is 11.5 Å². The molecule has 1 aliphatic rings. The second-order valence-electron chi connectivity index (χ2n) is 4.23. The summed E-state index contributed by atoms with van der Waals surface area (Å²) >= 11 is 0. The first-order valence-corrected chi connectivity index (χ1v) is 5.21. The number of rotatable bonds is 2. The van der Waals surface area contributed by atoms with E-state index in [1.807, 2.05) is 18.2 Å². The van der Waals surface area contributed by atoms with Gasteiger partial charge >= 0.3 is 0 Å². The van der Waals surface area contributed by atoms with Crippen molar-refractivity contribution in [1.82, 2.24) is 0 Å². The summed E-state index contributed by atoms with van der Waals surface area (Å²) in [5, 5.41) is 0. The van der Waals surface area contributed by atoms with E-state index in [9.17, 15) is 0 Å². The summed E-state index contributed by atoms with van der Waals surface area (Å²) in [6.07, 6.45) is 0.962. The summed E-state index contributed by atoms with van der Waals surface area (Å²) in [5.74, 6) is 1.80. The summed E-state index contributed by atoms with van der Waals surface area (Å²) in [7, 11) is 1.67. The van der Waals surface area contributed by atoms with Crippen LogP contribution in [0.25, 0.3) is 0 Å². The SMILES string of the molecule is COc1ccc2c(c1)C(C)(CN)CCO2. The van der Waals surface area contributed by atoms with E-state index in [-0.39, 0.29) is 5.41 Å². The Labute approximate surface area is 90.2 Å². The highest BCUT2D eigenvalue weighted by molar-refractivity contribution is 5.46. The fraction of sp³-hybridized carbons (Fsp3) is 0.500. The minimum Gasteiger partial charge on any atom is -0.497 e. The molecule has 0 bridgehead atoms. The Kier molecular flexibility index (Phi) is 2.57. The second-order valence-corrected chi connectivity index (χ2v) is 4.23. The van der Waals surface area contributed by atoms with Gasteiger partial charge in [0.2, 0.25) is 0 Å². The second kappa shape index (κ2) is 3.74. The topological polar surface area (TPSA) is 44.5 Å². The number of benzene rings is 1. The van der Waals surface area contributed by atoms with Crippen LogP contribution in [0.4, 0.5) is 0 Å². The molecule has 0 spiro atoms. The van der Waals surface area contributed by atoms with E-state index in [2.05, 4.69) is 6.92 Å². The number of methoxy groups -OCH3 is 1. The van der Waals surface area contributed by atoms with Crippen molar-refractivity contribution >= 4 is 0 Å². The lowest BCUT2D eigenvalue weighted by molar-refractivity contribution is 0.226. The molecule has 0 saturated heterocycles. The van der Waals surface area contributed by atoms with Crippen molar-refractivity contribution in [3.63, 3.8) is 0 Å². The first kappa shape index (κ1) is 10.3. The molecule has 1 aromatic rings. The van der Waals surface area contributed by atoms with Crippen LogP contribution in [-0.2, 0) is 5.41 Å². The highest BCUT2D eigenvalue weighted by Gasteiger charge is 2.32. The molecule has 0 saturated carbocycles. The van der Waals surface area contributed by atoms with Gasteiger partial charge in [-0.05, 0) is 24.6 Å². The predicted molar refractivity (Wildman–Crippen MR) is 59.5 cm³/mol. The van der Waals surface area contributed by atoms with Crippen LogP contribution >= 0.6 is 0 Å². The van der Waals surface area contributed by atoms with E-state index < -0.39 is 0 Å². The monoisotopic (exact) mass is 207 g/mol. The minimum absolute atomic E-state index is 0.0160. The van der Waals surface area contributed by atoms with Gasteiger partial charge in [0.25, 0.3) is 0 Å². The van der Waals surface area contributed by atoms with E-state index in [1.165, 1.54) is 0 Å². The molecule has 0 aromatic heterocycles. The maximum atomic E-state index is 5.85. The number of nitrogens with two attached hydrogens (primary N) is 1. The van der Waals surface area contributed by atoms with Gasteiger partial charge in [0.05, 0.1) is 13.7 Å². The Morgan fingerprint density at radius 1 is 1.53 bits per heavy atom. The summed E-state index contributed by atoms with van der Waals surface area (Å²) in [6.45, 7) is 3.55. The van der Waals surface area contributed by atoms with Gasteiger partial charge in [-0.3, -0.25) is 0 Å². The van der Waals surface area contributed by atoms with Crippen LogP contribution in [0.1, 0.15) is 18.9 Å². The maximum absolute atomic E-state index is 5.85. The summed E-state index contributed by atoms with van der Waals surface area (Å²) < 4.78 is 10.8. The first-order chi connectivity index (χ1) is 7.19. The van der Waals surface area contributed by atoms with Gasteiger partial charge in [-0.25, -0.2) is 0 Å². The molecule has 1 heterocycles. The zero-order chi connectivity index (χ0) is 10.9. The third-order valence-corrected chi connectivity index (χ3v) is 3.20. The Morgan fingerprint density at radius 2 is 2.33 bits per heavy atom. The van der Waals surface area contributed by atoms with E-state index in [0.717, 1.165) is 30.1 Å². The molecule has 2 rings (SSSR count). The van der Waals surface area contributed by atoms with Crippen LogP contribution in [0, 0.1) is 0 Å². The zero-order valence-electron chi connectivity index (χ0n) is 9.25. The lowest BCUT2D eigenvalue weighted by Crippen LogP contribution is -2.37. The molecule has 0 radical (unpaired) electrons. The van der Waals surface area contributed by atoms with Gasteiger partial charge in [-0.1, -0.05) is 6.92 Å². The van der Waals surface area contributed by atoms with E-state index >= 15 is 0 Å². The summed E-state index contributed by atoms with van der Waals surface area (Å²) in [6, 6.07) is 5.91. The molecule has 2 N–H and O–H groups in total. The van der Waals surface area contributed by atoms with Gasteiger partial charge in [0.1, 0.15) is 11.5 Å². The highest BCUT2D eigenvalue weighted by Crippen LogP contribution is 2.39. The highest BCUT2D eigenvalue weighted by atomic mass is 16.5. The van der Waals surface area contributed by atoms with Gasteiger partial charge in [0, 0.05) is 17.5 Å². The van der Waals surface area contributed by atoms with Gasteiger partial charge in [-0.2, -0.15) is 0 Å². The van der Waals surface area contributed by atoms with E-state index in [0.29, 0.717) is 6.54 Å². The normalized spacial score (nSPS) is 24.2. The predicted octanol–water partition coefficient (Wildman–Crippen LogP) is 1.69. The largest absolute Gasteiger partial charge is 0.497 e. The van der Waals surface area contributed by atoms with Crippen LogP contribution in [0.5, 0.6) is 11.5 Å². The van der Waals surface area contributed by atoms with Crippen molar-refractivity contribution in [2.24, 2.45) is 5.73 Å². The van der Waals surface area contributed by atoms with Crippen LogP contribution in [0.3, 0.4) is 0 Å². The number of fused-ring (bicyclic) bond motifs is 1. The lowest BCUT2D eigenvalue weighted by atomic mass is 9.78. The van der Waals surface area contributed by atoms with Gasteiger partial charge in [0.15, 0.2) is 0 Å². The molecular weight excluding hydrogens is 190 g/mol. The van der Waals surface area contributed by atoms with Gasteiger partial charge in [-0.15, -0.1) is 0 Å². The van der Waals surface area contributed by atoms with Crippen LogP contribution < -0.4 is 15.2 Å². The average molecular weight is 207 g/mol. The molecule has 0 amide bonds. The molecule has 1 aromatic carbocycles. The Morgan fingerprint density at radius 3 is 3.00 bits per heavy atom. The smallest absolute Gasteiger partial charge is 0.123 e. The molecule has 3 nitrogen and oxygen atoms in total. The third kappa shape index (κ3) is 1.67. The van der Waals surface area contributed by atoms with Crippen LogP contribution in [0.2, 0.25) is 0 Å². The molecule has 0 aliphatic carbocycles. The molecule has 1 aliphatic heterocycles.